The predicted octanol–water partition coefficient (Wildman–Crippen LogP) is 6.76. The van der Waals surface area contributed by atoms with Gasteiger partial charge in [-0.25, -0.2) is 9.07 Å². The summed E-state index contributed by atoms with van der Waals surface area (Å²) in [5, 5.41) is 3.67. The molecule has 0 bridgehead atoms. The second kappa shape index (κ2) is 13.6. The number of hydrogen-bond donors (Lipinski definition) is 1. The number of nitrogens with one attached hydrogen (secondary N) is 1. The number of halogens is 1. The largest absolute Gasteiger partial charge is 0.497 e. The molecule has 1 aliphatic heterocycles. The van der Waals surface area contributed by atoms with E-state index in [0.717, 1.165) is 48.0 Å². The zero-order chi connectivity index (χ0) is 30.2. The highest BCUT2D eigenvalue weighted by molar-refractivity contribution is 5.86. The van der Waals surface area contributed by atoms with Gasteiger partial charge in [-0.15, -0.1) is 0 Å². The van der Waals surface area contributed by atoms with Crippen LogP contribution in [0, 0.1) is 19.7 Å². The van der Waals surface area contributed by atoms with E-state index in [1.54, 1.807) is 38.6 Å². The Bertz CT molecular complexity index is 1760. The van der Waals surface area contributed by atoms with Crippen LogP contribution in [-0.2, 0) is 17.9 Å². The second-order valence-electron chi connectivity index (χ2n) is 9.62. The first-order valence-electron chi connectivity index (χ1n) is 13.7. The van der Waals surface area contributed by atoms with Crippen molar-refractivity contribution in [2.75, 3.05) is 19.5 Å². The van der Waals surface area contributed by atoms with Gasteiger partial charge in [-0.05, 0) is 63.1 Å². The summed E-state index contributed by atoms with van der Waals surface area (Å²) >= 11 is 0. The minimum Gasteiger partial charge on any atom is -0.497 e. The van der Waals surface area contributed by atoms with Crippen molar-refractivity contribution in [1.82, 2.24) is 14.3 Å². The summed E-state index contributed by atoms with van der Waals surface area (Å²) in [6, 6.07) is 20.2. The number of aromatic nitrogens is 3. The molecule has 0 amide bonds. The molecule has 0 radical (unpaired) electrons. The highest BCUT2D eigenvalue weighted by Gasteiger charge is 2.22. The van der Waals surface area contributed by atoms with Crippen LogP contribution in [-0.4, -0.2) is 34.8 Å². The average Bonchev–Trinajstić information content (AvgIpc) is 3.57. The maximum Gasteiger partial charge on any atom is 0.270 e. The summed E-state index contributed by atoms with van der Waals surface area (Å²) in [5.41, 5.74) is 5.97. The number of aryl methyl sites for hydroxylation is 1. The van der Waals surface area contributed by atoms with Crippen molar-refractivity contribution in [3.05, 3.63) is 100 Å². The second-order valence-corrected chi connectivity index (χ2v) is 9.62. The number of carbonyl (C=O) groups is 1. The number of aldehydes is 1. The van der Waals surface area contributed by atoms with Gasteiger partial charge in [0.1, 0.15) is 17.8 Å². The van der Waals surface area contributed by atoms with Gasteiger partial charge >= 0.3 is 0 Å². The van der Waals surface area contributed by atoms with E-state index >= 15 is 0 Å². The van der Waals surface area contributed by atoms with E-state index in [1.807, 2.05) is 41.9 Å². The monoisotopic (exact) mass is 570 g/mol. The SMILES string of the molecule is CC=O.CNc1ccc(Oc2ccnc3cc(OC)ccc23)c(F)c1.Cc1ccccc1-c1c(C)c(=O)n2n1CCC2. The number of benzene rings is 3. The summed E-state index contributed by atoms with van der Waals surface area (Å²) in [6.07, 6.45) is 3.44. The quantitative estimate of drug-likeness (QED) is 0.235. The Morgan fingerprint density at radius 1 is 0.976 bits per heavy atom. The van der Waals surface area contributed by atoms with Crippen LogP contribution in [0.15, 0.2) is 77.7 Å². The molecule has 0 spiro atoms. The van der Waals surface area contributed by atoms with Crippen molar-refractivity contribution < 1.29 is 18.7 Å². The third kappa shape index (κ3) is 6.35. The highest BCUT2D eigenvalue weighted by atomic mass is 19.1. The minimum absolute atomic E-state index is 0.167. The third-order valence-electron chi connectivity index (χ3n) is 6.95. The Morgan fingerprint density at radius 3 is 2.40 bits per heavy atom. The van der Waals surface area contributed by atoms with Crippen molar-refractivity contribution in [1.29, 1.82) is 0 Å². The zero-order valence-corrected chi connectivity index (χ0v) is 24.5. The average molecular weight is 571 g/mol. The first-order chi connectivity index (χ1) is 20.3. The maximum absolute atomic E-state index is 14.0. The minimum atomic E-state index is -0.426. The van der Waals surface area contributed by atoms with Gasteiger partial charge < -0.3 is 19.6 Å². The first kappa shape index (κ1) is 30.0. The standard InChI is InChI=1S/C17H15FN2O2.C14H16N2O.C2H4O/c1-19-11-3-6-17(14(18)9-11)22-16-7-8-20-15-10-12(21-2)4-5-13(15)16;1-10-6-3-4-7-12(10)13-11(2)14(17)16-9-5-8-15(13)16;1-2-3/h3-10,19H,1-2H3;3-4,6-7H,5,8-9H2,1-2H3;2H,1H3. The molecule has 218 valence electrons. The number of ether oxygens (including phenoxy) is 2. The summed E-state index contributed by atoms with van der Waals surface area (Å²) in [6.45, 7) is 7.28. The van der Waals surface area contributed by atoms with Gasteiger partial charge in [-0.2, -0.15) is 0 Å². The summed E-state index contributed by atoms with van der Waals surface area (Å²) < 4.78 is 28.9. The molecule has 9 heteroatoms. The van der Waals surface area contributed by atoms with Crippen LogP contribution in [0.2, 0.25) is 0 Å². The van der Waals surface area contributed by atoms with Gasteiger partial charge in [0.05, 0.1) is 18.3 Å². The topological polar surface area (TPSA) is 87.4 Å². The van der Waals surface area contributed by atoms with E-state index in [1.165, 1.54) is 24.1 Å². The first-order valence-corrected chi connectivity index (χ1v) is 13.7. The van der Waals surface area contributed by atoms with Crippen LogP contribution < -0.4 is 20.3 Å². The maximum atomic E-state index is 14.0. The fraction of sp³-hybridized carbons (Fsp3) is 0.242. The molecule has 5 aromatic rings. The van der Waals surface area contributed by atoms with Gasteiger partial charge in [0, 0.05) is 60.7 Å². The molecule has 3 aromatic carbocycles. The van der Waals surface area contributed by atoms with E-state index in [9.17, 15) is 9.18 Å². The summed E-state index contributed by atoms with van der Waals surface area (Å²) in [7, 11) is 3.33. The van der Waals surface area contributed by atoms with Crippen molar-refractivity contribution in [3.63, 3.8) is 0 Å². The van der Waals surface area contributed by atoms with Crippen molar-refractivity contribution in [3.8, 4) is 28.5 Å². The van der Waals surface area contributed by atoms with Gasteiger partial charge in [0.15, 0.2) is 11.6 Å². The summed E-state index contributed by atoms with van der Waals surface area (Å²) in [4.78, 5) is 25.2. The molecule has 1 aliphatic rings. The Hall–Kier alpha value is -4.92. The number of methoxy groups -OCH3 is 1. The number of carbonyl (C=O) groups excluding carboxylic acids is 1. The molecule has 42 heavy (non-hydrogen) atoms. The molecule has 8 nitrogen and oxygen atoms in total. The van der Waals surface area contributed by atoms with E-state index in [2.05, 4.69) is 34.0 Å². The molecule has 0 saturated heterocycles. The summed E-state index contributed by atoms with van der Waals surface area (Å²) in [5.74, 6) is 0.998. The Kier molecular flexibility index (Phi) is 9.75. The number of rotatable bonds is 5. The van der Waals surface area contributed by atoms with Crippen molar-refractivity contribution in [2.24, 2.45) is 0 Å². The third-order valence-corrected chi connectivity index (χ3v) is 6.95. The molecular formula is C33H35FN4O4. The van der Waals surface area contributed by atoms with E-state index in [0.29, 0.717) is 17.2 Å². The molecule has 6 rings (SSSR count). The van der Waals surface area contributed by atoms with Crippen LogP contribution in [0.1, 0.15) is 24.5 Å². The number of fused-ring (bicyclic) bond motifs is 2. The van der Waals surface area contributed by atoms with E-state index in [4.69, 9.17) is 14.3 Å². The van der Waals surface area contributed by atoms with Crippen LogP contribution >= 0.6 is 0 Å². The number of nitrogens with zero attached hydrogens (tertiary/aromatic N) is 3. The lowest BCUT2D eigenvalue weighted by Crippen LogP contribution is -2.17. The van der Waals surface area contributed by atoms with Gasteiger partial charge in [0.25, 0.3) is 5.56 Å². The van der Waals surface area contributed by atoms with Crippen LogP contribution in [0.3, 0.4) is 0 Å². The molecule has 2 aromatic heterocycles. The van der Waals surface area contributed by atoms with Crippen molar-refractivity contribution in [2.45, 2.75) is 40.3 Å². The van der Waals surface area contributed by atoms with Gasteiger partial charge in [-0.1, -0.05) is 24.3 Å². The van der Waals surface area contributed by atoms with Crippen LogP contribution in [0.4, 0.5) is 10.1 Å². The molecule has 0 unspecified atom stereocenters. The van der Waals surface area contributed by atoms with Gasteiger partial charge in [0.2, 0.25) is 0 Å². The zero-order valence-electron chi connectivity index (χ0n) is 24.5. The molecule has 0 atom stereocenters. The molecule has 0 saturated carbocycles. The predicted molar refractivity (Wildman–Crippen MR) is 164 cm³/mol. The normalized spacial score (nSPS) is 11.5. The van der Waals surface area contributed by atoms with E-state index in [-0.39, 0.29) is 11.3 Å². The number of hydrogen-bond acceptors (Lipinski definition) is 6. The molecule has 1 N–H and O–H groups in total. The Labute approximate surface area is 244 Å². The number of pyridine rings is 1. The lowest BCUT2D eigenvalue weighted by atomic mass is 10.0. The molecule has 3 heterocycles. The fourth-order valence-electron chi connectivity index (χ4n) is 4.90. The fourth-order valence-corrected chi connectivity index (χ4v) is 4.90. The van der Waals surface area contributed by atoms with Gasteiger partial charge in [-0.3, -0.25) is 14.5 Å². The highest BCUT2D eigenvalue weighted by Crippen LogP contribution is 2.33. The number of anilines is 1. The molecular weight excluding hydrogens is 535 g/mol. The lowest BCUT2D eigenvalue weighted by Gasteiger charge is -2.11. The molecule has 0 aliphatic carbocycles. The lowest BCUT2D eigenvalue weighted by molar-refractivity contribution is -0.106. The van der Waals surface area contributed by atoms with Crippen molar-refractivity contribution >= 4 is 22.9 Å². The smallest absolute Gasteiger partial charge is 0.270 e. The Balaban J connectivity index is 0.000000181. The van der Waals surface area contributed by atoms with Crippen LogP contribution in [0.5, 0.6) is 17.2 Å². The van der Waals surface area contributed by atoms with Crippen LogP contribution in [0.25, 0.3) is 22.2 Å². The Morgan fingerprint density at radius 2 is 1.71 bits per heavy atom. The molecule has 0 fully saturated rings. The van der Waals surface area contributed by atoms with E-state index < -0.39 is 5.82 Å².